The number of nitrogens with zero attached hydrogens (tertiary/aromatic N) is 2. The summed E-state index contributed by atoms with van der Waals surface area (Å²) in [6, 6.07) is -0.833. The maximum absolute atomic E-state index is 12.7. The molecule has 11 heteroatoms. The number of aliphatic hydroxyl groups excluding tert-OH is 2. The zero-order valence-electron chi connectivity index (χ0n) is 15.4. The highest BCUT2D eigenvalue weighted by atomic mass is 19.4. The standard InChI is InChI=1S/C17H27F3N4O4/c18-17(19,20)13-7-22-8-14(24-13)23-11-9-28-12(16(26)15(11)25)10-27-6-4-2-1-3-5-21/h7-8,11-12,15-16,25-26H,1-6,9-10,21H2,(H,23,24)/t11-,12+,15+,16-/m0/s1. The molecule has 1 aromatic heterocycles. The normalized spacial score (nSPS) is 25.6. The van der Waals surface area contributed by atoms with Gasteiger partial charge in [0, 0.05) is 6.61 Å². The maximum Gasteiger partial charge on any atom is 0.434 e. The summed E-state index contributed by atoms with van der Waals surface area (Å²) >= 11 is 0. The van der Waals surface area contributed by atoms with Crippen molar-refractivity contribution in [1.29, 1.82) is 0 Å². The van der Waals surface area contributed by atoms with Gasteiger partial charge in [0.25, 0.3) is 0 Å². The summed E-state index contributed by atoms with van der Waals surface area (Å²) in [4.78, 5) is 6.92. The quantitative estimate of drug-likeness (QED) is 0.422. The average Bonchev–Trinajstić information content (AvgIpc) is 2.66. The SMILES string of the molecule is NCCCCCCOC[C@H]1OC[C@H](Nc2cncc(C(F)(F)F)n2)[C@@H](O)[C@H]1O. The van der Waals surface area contributed by atoms with Crippen LogP contribution in [0, 0.1) is 0 Å². The number of nitrogens with one attached hydrogen (secondary N) is 1. The molecule has 2 heterocycles. The van der Waals surface area contributed by atoms with Gasteiger partial charge in [0.15, 0.2) is 5.69 Å². The molecular weight excluding hydrogens is 381 g/mol. The molecule has 0 spiro atoms. The minimum Gasteiger partial charge on any atom is -0.388 e. The number of aliphatic hydroxyl groups is 2. The predicted molar refractivity (Wildman–Crippen MR) is 94.5 cm³/mol. The first kappa shape index (κ1) is 22.8. The number of aromatic nitrogens is 2. The van der Waals surface area contributed by atoms with Crippen molar-refractivity contribution < 1.29 is 32.9 Å². The molecule has 1 saturated heterocycles. The third kappa shape index (κ3) is 6.82. The number of ether oxygens (including phenoxy) is 2. The van der Waals surface area contributed by atoms with E-state index in [9.17, 15) is 23.4 Å². The highest BCUT2D eigenvalue weighted by Crippen LogP contribution is 2.28. The summed E-state index contributed by atoms with van der Waals surface area (Å²) in [6.45, 7) is 1.27. The van der Waals surface area contributed by atoms with Crippen molar-refractivity contribution >= 4 is 5.82 Å². The van der Waals surface area contributed by atoms with Gasteiger partial charge in [-0.25, -0.2) is 4.98 Å². The maximum atomic E-state index is 12.7. The van der Waals surface area contributed by atoms with Crippen molar-refractivity contribution in [3.05, 3.63) is 18.1 Å². The lowest BCUT2D eigenvalue weighted by molar-refractivity contribution is -0.159. The Morgan fingerprint density at radius 1 is 1.18 bits per heavy atom. The van der Waals surface area contributed by atoms with Gasteiger partial charge in [0.2, 0.25) is 0 Å². The molecule has 0 unspecified atom stereocenters. The van der Waals surface area contributed by atoms with Gasteiger partial charge in [0.1, 0.15) is 24.1 Å². The van der Waals surface area contributed by atoms with Crippen LogP contribution < -0.4 is 11.1 Å². The molecule has 2 rings (SSSR count). The third-order valence-corrected chi connectivity index (χ3v) is 4.42. The Kier molecular flexibility index (Phi) is 8.83. The van der Waals surface area contributed by atoms with Crippen LogP contribution in [0.2, 0.25) is 0 Å². The number of alkyl halides is 3. The molecule has 1 fully saturated rings. The molecule has 28 heavy (non-hydrogen) atoms. The van der Waals surface area contributed by atoms with Crippen LogP contribution in [-0.4, -0.2) is 70.9 Å². The summed E-state index contributed by atoms with van der Waals surface area (Å²) in [5.41, 5.74) is 4.27. The molecule has 0 bridgehead atoms. The molecule has 0 amide bonds. The number of nitrogens with two attached hydrogens (primary N) is 1. The number of unbranched alkanes of at least 4 members (excludes halogenated alkanes) is 3. The van der Waals surface area contributed by atoms with Crippen LogP contribution >= 0.6 is 0 Å². The molecule has 160 valence electrons. The van der Waals surface area contributed by atoms with Crippen molar-refractivity contribution in [2.24, 2.45) is 5.73 Å². The van der Waals surface area contributed by atoms with E-state index in [2.05, 4.69) is 15.3 Å². The molecule has 0 radical (unpaired) electrons. The summed E-state index contributed by atoms with van der Waals surface area (Å²) in [5, 5.41) is 23.1. The van der Waals surface area contributed by atoms with Crippen molar-refractivity contribution in [2.75, 3.05) is 31.7 Å². The smallest absolute Gasteiger partial charge is 0.388 e. The zero-order valence-corrected chi connectivity index (χ0v) is 15.4. The van der Waals surface area contributed by atoms with Gasteiger partial charge in [0.05, 0.1) is 31.6 Å². The molecule has 4 atom stereocenters. The molecule has 1 aliphatic rings. The van der Waals surface area contributed by atoms with E-state index in [0.29, 0.717) is 19.3 Å². The van der Waals surface area contributed by atoms with Gasteiger partial charge in [-0.1, -0.05) is 12.8 Å². The second-order valence-corrected chi connectivity index (χ2v) is 6.67. The van der Waals surface area contributed by atoms with Gasteiger partial charge < -0.3 is 30.7 Å². The number of hydrogen-bond donors (Lipinski definition) is 4. The van der Waals surface area contributed by atoms with Gasteiger partial charge in [-0.15, -0.1) is 0 Å². The molecule has 0 saturated carbocycles. The number of hydrogen-bond acceptors (Lipinski definition) is 8. The lowest BCUT2D eigenvalue weighted by Gasteiger charge is -2.38. The van der Waals surface area contributed by atoms with Gasteiger partial charge in [-0.05, 0) is 19.4 Å². The van der Waals surface area contributed by atoms with E-state index in [4.69, 9.17) is 15.2 Å². The van der Waals surface area contributed by atoms with E-state index in [0.717, 1.165) is 31.9 Å². The monoisotopic (exact) mass is 408 g/mol. The zero-order chi connectivity index (χ0) is 20.6. The van der Waals surface area contributed by atoms with Crippen LogP contribution in [0.5, 0.6) is 0 Å². The third-order valence-electron chi connectivity index (χ3n) is 4.42. The van der Waals surface area contributed by atoms with Crippen LogP contribution in [0.25, 0.3) is 0 Å². The van der Waals surface area contributed by atoms with Crippen LogP contribution in [0.1, 0.15) is 31.4 Å². The summed E-state index contributed by atoms with van der Waals surface area (Å²) in [5.74, 6) is -0.165. The topological polar surface area (TPSA) is 123 Å². The first-order chi connectivity index (χ1) is 13.3. The van der Waals surface area contributed by atoms with Gasteiger partial charge >= 0.3 is 6.18 Å². The molecule has 0 aromatic carbocycles. The second-order valence-electron chi connectivity index (χ2n) is 6.67. The summed E-state index contributed by atoms with van der Waals surface area (Å²) in [6.07, 6.45) is -2.27. The molecule has 1 aliphatic heterocycles. The fourth-order valence-electron chi connectivity index (χ4n) is 2.82. The highest BCUT2D eigenvalue weighted by molar-refractivity contribution is 5.34. The van der Waals surface area contributed by atoms with Crippen LogP contribution in [-0.2, 0) is 15.7 Å². The van der Waals surface area contributed by atoms with Gasteiger partial charge in [-0.3, -0.25) is 4.98 Å². The number of halogens is 3. The Balaban J connectivity index is 1.78. The van der Waals surface area contributed by atoms with E-state index in [1.54, 1.807) is 0 Å². The van der Waals surface area contributed by atoms with Crippen molar-refractivity contribution in [2.45, 2.75) is 56.2 Å². The molecular formula is C17H27F3N4O4. The Morgan fingerprint density at radius 2 is 1.93 bits per heavy atom. The van der Waals surface area contributed by atoms with Crippen LogP contribution in [0.3, 0.4) is 0 Å². The molecule has 1 aromatic rings. The van der Waals surface area contributed by atoms with E-state index in [1.807, 2.05) is 0 Å². The van der Waals surface area contributed by atoms with Crippen molar-refractivity contribution in [3.63, 3.8) is 0 Å². The number of rotatable bonds is 10. The van der Waals surface area contributed by atoms with E-state index in [1.165, 1.54) is 0 Å². The Labute approximate surface area is 161 Å². The van der Waals surface area contributed by atoms with Gasteiger partial charge in [-0.2, -0.15) is 13.2 Å². The number of anilines is 1. The van der Waals surface area contributed by atoms with Crippen LogP contribution in [0.4, 0.5) is 19.0 Å². The minimum atomic E-state index is -4.63. The molecule has 8 nitrogen and oxygen atoms in total. The lowest BCUT2D eigenvalue weighted by atomic mass is 9.98. The largest absolute Gasteiger partial charge is 0.434 e. The molecule has 5 N–H and O–H groups in total. The lowest BCUT2D eigenvalue weighted by Crippen LogP contribution is -2.57. The average molecular weight is 408 g/mol. The van der Waals surface area contributed by atoms with E-state index >= 15 is 0 Å². The Hall–Kier alpha value is -1.53. The summed E-state index contributed by atoms with van der Waals surface area (Å²) in [7, 11) is 0. The first-order valence-corrected chi connectivity index (χ1v) is 9.24. The molecule has 0 aliphatic carbocycles. The van der Waals surface area contributed by atoms with Crippen molar-refractivity contribution in [1.82, 2.24) is 9.97 Å². The van der Waals surface area contributed by atoms with Crippen LogP contribution in [0.15, 0.2) is 12.4 Å². The predicted octanol–water partition coefficient (Wildman–Crippen LogP) is 0.932. The Bertz CT molecular complexity index is 594. The summed E-state index contributed by atoms with van der Waals surface area (Å²) < 4.78 is 49.1. The fraction of sp³-hybridized carbons (Fsp3) is 0.765. The fourth-order valence-corrected chi connectivity index (χ4v) is 2.82. The van der Waals surface area contributed by atoms with E-state index in [-0.39, 0.29) is 19.0 Å². The van der Waals surface area contributed by atoms with E-state index < -0.39 is 36.2 Å². The first-order valence-electron chi connectivity index (χ1n) is 9.24. The Morgan fingerprint density at radius 3 is 2.64 bits per heavy atom. The second kappa shape index (κ2) is 10.9. The van der Waals surface area contributed by atoms with Crippen molar-refractivity contribution in [3.8, 4) is 0 Å². The minimum absolute atomic E-state index is 0.0271. The highest BCUT2D eigenvalue weighted by Gasteiger charge is 2.39.